The third-order valence-corrected chi connectivity index (χ3v) is 7.19. The summed E-state index contributed by atoms with van der Waals surface area (Å²) in [4.78, 5) is 0. The average molecular weight is 398 g/mol. The number of hydrogen-bond acceptors (Lipinski definition) is 2. The average Bonchev–Trinajstić information content (AvgIpc) is 3.12. The van der Waals surface area contributed by atoms with Crippen molar-refractivity contribution in [1.82, 2.24) is 14.8 Å². The molecule has 0 fully saturated rings. The predicted octanol–water partition coefficient (Wildman–Crippen LogP) is 5.76. The van der Waals surface area contributed by atoms with E-state index in [1.807, 2.05) is 18.2 Å². The second-order valence-electron chi connectivity index (χ2n) is 8.69. The molecule has 0 aliphatic rings. The zero-order chi connectivity index (χ0) is 20.6. The van der Waals surface area contributed by atoms with Crippen LogP contribution in [-0.2, 0) is 0 Å². The maximum Gasteiger partial charge on any atom is 0.168 e. The molecule has 4 aromatic rings. The number of nitrogens with zero attached hydrogens (tertiary/aromatic N) is 3. The van der Waals surface area contributed by atoms with Crippen molar-refractivity contribution in [2.24, 2.45) is 0 Å². The minimum Gasteiger partial charge on any atom is -0.275 e. The highest BCUT2D eigenvalue weighted by Gasteiger charge is 2.25. The van der Waals surface area contributed by atoms with Crippen LogP contribution in [0, 0.1) is 13.8 Å². The summed E-state index contributed by atoms with van der Waals surface area (Å²) in [6, 6.07) is 25.6. The minimum atomic E-state index is -1.56. The van der Waals surface area contributed by atoms with Gasteiger partial charge in [-0.25, -0.2) is 0 Å². The first-order chi connectivity index (χ1) is 13.8. The van der Waals surface area contributed by atoms with E-state index in [-0.39, 0.29) is 0 Å². The zero-order valence-corrected chi connectivity index (χ0v) is 18.8. The summed E-state index contributed by atoms with van der Waals surface area (Å²) in [7, 11) is -1.56. The fourth-order valence-electron chi connectivity index (χ4n) is 3.89. The quantitative estimate of drug-likeness (QED) is 0.410. The van der Waals surface area contributed by atoms with Crippen LogP contribution in [0.15, 0.2) is 72.8 Å². The van der Waals surface area contributed by atoms with E-state index < -0.39 is 8.07 Å². The summed E-state index contributed by atoms with van der Waals surface area (Å²) in [5.41, 5.74) is 5.82. The third-order valence-electron chi connectivity index (χ3n) is 5.14. The molecule has 0 saturated heterocycles. The van der Waals surface area contributed by atoms with Crippen molar-refractivity contribution in [3.05, 3.63) is 83.9 Å². The minimum absolute atomic E-state index is 0.871. The van der Waals surface area contributed by atoms with Crippen LogP contribution in [0.25, 0.3) is 28.5 Å². The molecule has 0 N–H and O–H groups in total. The van der Waals surface area contributed by atoms with Gasteiger partial charge in [-0.1, -0.05) is 80.3 Å². The summed E-state index contributed by atoms with van der Waals surface area (Å²) >= 11 is 0. The molecule has 1 heterocycles. The molecule has 1 aromatic heterocycles. The van der Waals surface area contributed by atoms with E-state index >= 15 is 0 Å². The van der Waals surface area contributed by atoms with E-state index in [1.54, 1.807) is 0 Å². The van der Waals surface area contributed by atoms with Gasteiger partial charge in [-0.15, -0.1) is 10.2 Å². The molecule has 3 nitrogen and oxygen atoms in total. The molecule has 0 atom stereocenters. The largest absolute Gasteiger partial charge is 0.275 e. The number of benzene rings is 3. The van der Waals surface area contributed by atoms with Gasteiger partial charge in [0, 0.05) is 16.8 Å². The predicted molar refractivity (Wildman–Crippen MR) is 125 cm³/mol. The van der Waals surface area contributed by atoms with Crippen LogP contribution in [-0.4, -0.2) is 22.8 Å². The molecular weight excluding hydrogens is 370 g/mol. The smallest absolute Gasteiger partial charge is 0.168 e. The molecule has 3 aromatic carbocycles. The van der Waals surface area contributed by atoms with Gasteiger partial charge in [0.25, 0.3) is 0 Å². The first-order valence-corrected chi connectivity index (χ1v) is 13.5. The maximum atomic E-state index is 4.71. The molecule has 0 aliphatic carbocycles. The first-order valence-electron chi connectivity index (χ1n) is 10.0. The molecule has 4 heteroatoms. The van der Waals surface area contributed by atoms with E-state index in [1.165, 1.54) is 21.9 Å². The van der Waals surface area contributed by atoms with E-state index in [2.05, 4.69) is 97.8 Å². The summed E-state index contributed by atoms with van der Waals surface area (Å²) in [5, 5.41) is 10.8. The fourth-order valence-corrected chi connectivity index (χ4v) is 5.49. The number of hydrogen-bond donors (Lipinski definition) is 0. The molecule has 0 spiro atoms. The van der Waals surface area contributed by atoms with E-state index in [0.29, 0.717) is 0 Å². The van der Waals surface area contributed by atoms with Crippen LogP contribution in [0.5, 0.6) is 0 Å². The lowest BCUT2D eigenvalue weighted by molar-refractivity contribution is 1.06. The molecule has 29 heavy (non-hydrogen) atoms. The van der Waals surface area contributed by atoms with Gasteiger partial charge >= 0.3 is 0 Å². The van der Waals surface area contributed by atoms with Crippen LogP contribution >= 0.6 is 0 Å². The van der Waals surface area contributed by atoms with E-state index in [9.17, 15) is 0 Å². The standard InChI is InChI=1S/C25H27N3Si/c1-18-15-19(2)17-21(16-18)28-24(20-11-7-6-8-12-20)26-27-25(28)22-13-9-10-14-23(22)29(3,4)5/h6-17H,1-5H3. The Morgan fingerprint density at radius 2 is 1.28 bits per heavy atom. The number of aromatic nitrogens is 3. The Morgan fingerprint density at radius 3 is 1.93 bits per heavy atom. The molecule has 146 valence electrons. The second-order valence-corrected chi connectivity index (χ2v) is 13.7. The molecule has 0 aliphatic heterocycles. The van der Waals surface area contributed by atoms with Crippen molar-refractivity contribution in [1.29, 1.82) is 0 Å². The fraction of sp³-hybridized carbons (Fsp3) is 0.200. The molecule has 0 saturated carbocycles. The molecule has 0 amide bonds. The Bertz CT molecular complexity index is 1130. The van der Waals surface area contributed by atoms with Gasteiger partial charge in [-0.3, -0.25) is 4.57 Å². The monoisotopic (exact) mass is 397 g/mol. The molecular formula is C25H27N3Si. The van der Waals surface area contributed by atoms with Crippen molar-refractivity contribution in [2.45, 2.75) is 33.5 Å². The normalized spacial score (nSPS) is 11.6. The summed E-state index contributed by atoms with van der Waals surface area (Å²) in [6.45, 7) is 11.4. The molecule has 0 bridgehead atoms. The molecule has 4 rings (SSSR count). The van der Waals surface area contributed by atoms with E-state index in [4.69, 9.17) is 5.10 Å². The van der Waals surface area contributed by atoms with Gasteiger partial charge in [-0.05, 0) is 42.3 Å². The molecule has 0 unspecified atom stereocenters. The van der Waals surface area contributed by atoms with Crippen LogP contribution < -0.4 is 5.19 Å². The highest BCUT2D eigenvalue weighted by atomic mass is 28.3. The summed E-state index contributed by atoms with van der Waals surface area (Å²) in [5.74, 6) is 1.78. The Labute approximate surface area is 174 Å². The van der Waals surface area contributed by atoms with Crippen molar-refractivity contribution < 1.29 is 0 Å². The van der Waals surface area contributed by atoms with Crippen LogP contribution in [0.4, 0.5) is 0 Å². The topological polar surface area (TPSA) is 30.7 Å². The van der Waals surface area contributed by atoms with Crippen LogP contribution in [0.1, 0.15) is 11.1 Å². The second kappa shape index (κ2) is 7.45. The Kier molecular flexibility index (Phi) is 4.97. The lowest BCUT2D eigenvalue weighted by Crippen LogP contribution is -2.39. The lowest BCUT2D eigenvalue weighted by Gasteiger charge is -2.21. The van der Waals surface area contributed by atoms with Gasteiger partial charge in [0.2, 0.25) is 0 Å². The van der Waals surface area contributed by atoms with Gasteiger partial charge in [0.15, 0.2) is 11.6 Å². The summed E-state index contributed by atoms with van der Waals surface area (Å²) in [6.07, 6.45) is 0. The zero-order valence-electron chi connectivity index (χ0n) is 17.8. The maximum absolute atomic E-state index is 4.71. The Morgan fingerprint density at radius 1 is 0.690 bits per heavy atom. The van der Waals surface area contributed by atoms with Crippen molar-refractivity contribution >= 4 is 13.3 Å². The van der Waals surface area contributed by atoms with Gasteiger partial charge < -0.3 is 0 Å². The van der Waals surface area contributed by atoms with Gasteiger partial charge in [-0.2, -0.15) is 0 Å². The van der Waals surface area contributed by atoms with Gasteiger partial charge in [0.05, 0.1) is 8.07 Å². The third kappa shape index (κ3) is 3.81. The molecule has 0 radical (unpaired) electrons. The highest BCUT2D eigenvalue weighted by molar-refractivity contribution is 6.89. The first kappa shape index (κ1) is 19.3. The SMILES string of the molecule is Cc1cc(C)cc(-n2c(-c3ccccc3)nnc2-c2ccccc2[Si](C)(C)C)c1. The van der Waals surface area contributed by atoms with Crippen LogP contribution in [0.2, 0.25) is 19.6 Å². The lowest BCUT2D eigenvalue weighted by atomic mass is 10.1. The van der Waals surface area contributed by atoms with E-state index in [0.717, 1.165) is 22.9 Å². The van der Waals surface area contributed by atoms with Crippen molar-refractivity contribution in [2.75, 3.05) is 0 Å². The highest BCUT2D eigenvalue weighted by Crippen LogP contribution is 2.29. The summed E-state index contributed by atoms with van der Waals surface area (Å²) < 4.78 is 2.22. The number of aryl methyl sites for hydroxylation is 2. The number of rotatable bonds is 4. The Hall–Kier alpha value is -2.98. The van der Waals surface area contributed by atoms with Crippen LogP contribution in [0.3, 0.4) is 0 Å². The Balaban J connectivity index is 2.04. The van der Waals surface area contributed by atoms with Gasteiger partial charge in [0.1, 0.15) is 0 Å². The van der Waals surface area contributed by atoms with Crippen molar-refractivity contribution in [3.63, 3.8) is 0 Å². The van der Waals surface area contributed by atoms with Crippen molar-refractivity contribution in [3.8, 4) is 28.5 Å².